The number of amides is 4. The standard InChI is InChI=1S/C31H44N4O5/c1-8-9-10-17-35(29(38)24(19-25(32)36)33-30(39)40-31(5,6)7)27(23-16-11-13-20(2)18-23)28(37)34-26-21(3)14-12-15-22(26)4/h11-16,18,24,27H,8-10,17,19H2,1-7H3,(H2,32,36)(H,33,39)(H,34,37). The molecule has 0 saturated carbocycles. The molecule has 0 aliphatic heterocycles. The van der Waals surface area contributed by atoms with Crippen LogP contribution in [-0.4, -0.2) is 46.9 Å². The van der Waals surface area contributed by atoms with Crippen LogP contribution in [0.2, 0.25) is 0 Å². The Morgan fingerprint density at radius 3 is 2.15 bits per heavy atom. The largest absolute Gasteiger partial charge is 0.444 e. The van der Waals surface area contributed by atoms with E-state index >= 15 is 0 Å². The fraction of sp³-hybridized carbons (Fsp3) is 0.484. The summed E-state index contributed by atoms with van der Waals surface area (Å²) in [5.41, 5.74) is 8.64. The molecule has 2 aromatic carbocycles. The molecule has 2 atom stereocenters. The minimum Gasteiger partial charge on any atom is -0.444 e. The van der Waals surface area contributed by atoms with Crippen molar-refractivity contribution in [3.63, 3.8) is 0 Å². The number of nitrogens with zero attached hydrogens (tertiary/aromatic N) is 1. The van der Waals surface area contributed by atoms with Gasteiger partial charge in [-0.3, -0.25) is 14.4 Å². The summed E-state index contributed by atoms with van der Waals surface area (Å²) in [6.45, 7) is 13.1. The maximum absolute atomic E-state index is 14.1. The predicted octanol–water partition coefficient (Wildman–Crippen LogP) is 5.08. The SMILES string of the molecule is CCCCCN(C(=O)C(CC(N)=O)NC(=O)OC(C)(C)C)C(C(=O)Nc1c(C)cccc1C)c1cccc(C)c1. The quantitative estimate of drug-likeness (QED) is 0.316. The Balaban J connectivity index is 2.59. The molecule has 2 aromatic rings. The van der Waals surface area contributed by atoms with Crippen molar-refractivity contribution in [2.45, 2.75) is 91.8 Å². The summed E-state index contributed by atoms with van der Waals surface area (Å²) in [5.74, 6) is -1.76. The lowest BCUT2D eigenvalue weighted by Gasteiger charge is -2.34. The zero-order valence-electron chi connectivity index (χ0n) is 24.8. The Morgan fingerprint density at radius 1 is 0.975 bits per heavy atom. The monoisotopic (exact) mass is 552 g/mol. The van der Waals surface area contributed by atoms with Gasteiger partial charge < -0.3 is 26.0 Å². The number of nitrogens with two attached hydrogens (primary N) is 1. The van der Waals surface area contributed by atoms with Gasteiger partial charge in [-0.2, -0.15) is 0 Å². The molecule has 0 heterocycles. The van der Waals surface area contributed by atoms with E-state index in [4.69, 9.17) is 10.5 Å². The van der Waals surface area contributed by atoms with Crippen molar-refractivity contribution in [2.24, 2.45) is 5.73 Å². The van der Waals surface area contributed by atoms with Crippen LogP contribution in [0.25, 0.3) is 0 Å². The third kappa shape index (κ3) is 9.70. The number of rotatable bonds is 12. The van der Waals surface area contributed by atoms with Crippen LogP contribution in [0.5, 0.6) is 0 Å². The van der Waals surface area contributed by atoms with Crippen LogP contribution in [0.1, 0.15) is 81.7 Å². The number of nitrogens with one attached hydrogen (secondary N) is 2. The fourth-order valence-corrected chi connectivity index (χ4v) is 4.47. The Hall–Kier alpha value is -3.88. The molecule has 0 aliphatic carbocycles. The first-order valence-electron chi connectivity index (χ1n) is 13.8. The summed E-state index contributed by atoms with van der Waals surface area (Å²) in [5, 5.41) is 5.55. The van der Waals surface area contributed by atoms with Crippen LogP contribution < -0.4 is 16.4 Å². The highest BCUT2D eigenvalue weighted by Crippen LogP contribution is 2.28. The van der Waals surface area contributed by atoms with Gasteiger partial charge in [-0.05, 0) is 64.7 Å². The Kier molecular flexibility index (Phi) is 11.7. The molecule has 0 fully saturated rings. The Morgan fingerprint density at radius 2 is 1.60 bits per heavy atom. The van der Waals surface area contributed by atoms with E-state index in [0.717, 1.165) is 29.5 Å². The molecule has 2 unspecified atom stereocenters. The third-order valence-electron chi connectivity index (χ3n) is 6.33. The van der Waals surface area contributed by atoms with Crippen LogP contribution >= 0.6 is 0 Å². The normalized spacial score (nSPS) is 12.7. The Labute approximate surface area is 237 Å². The number of aryl methyl sites for hydroxylation is 3. The van der Waals surface area contributed by atoms with Gasteiger partial charge in [-0.25, -0.2) is 4.79 Å². The zero-order chi connectivity index (χ0) is 30.0. The number of carbonyl (C=O) groups is 4. The zero-order valence-corrected chi connectivity index (χ0v) is 24.8. The molecule has 4 amide bonds. The smallest absolute Gasteiger partial charge is 0.408 e. The first-order chi connectivity index (χ1) is 18.7. The van der Waals surface area contributed by atoms with Crippen molar-refractivity contribution >= 4 is 29.5 Å². The fourth-order valence-electron chi connectivity index (χ4n) is 4.47. The second kappa shape index (κ2) is 14.5. The highest BCUT2D eigenvalue weighted by atomic mass is 16.6. The molecule has 40 heavy (non-hydrogen) atoms. The first-order valence-corrected chi connectivity index (χ1v) is 13.8. The van der Waals surface area contributed by atoms with Gasteiger partial charge in [0.15, 0.2) is 0 Å². The van der Waals surface area contributed by atoms with Gasteiger partial charge in [-0.15, -0.1) is 0 Å². The van der Waals surface area contributed by atoms with E-state index in [0.29, 0.717) is 17.7 Å². The highest BCUT2D eigenvalue weighted by Gasteiger charge is 2.37. The van der Waals surface area contributed by atoms with Gasteiger partial charge in [-0.1, -0.05) is 67.8 Å². The number of para-hydroxylation sites is 1. The maximum Gasteiger partial charge on any atom is 0.408 e. The van der Waals surface area contributed by atoms with Crippen LogP contribution in [-0.2, 0) is 19.1 Å². The minimum atomic E-state index is -1.31. The number of carbonyl (C=O) groups excluding carboxylic acids is 4. The van der Waals surface area contributed by atoms with E-state index in [-0.39, 0.29) is 6.54 Å². The van der Waals surface area contributed by atoms with E-state index in [1.165, 1.54) is 4.90 Å². The van der Waals surface area contributed by atoms with Crippen molar-refractivity contribution in [2.75, 3.05) is 11.9 Å². The molecule has 9 heteroatoms. The van der Waals surface area contributed by atoms with Crippen molar-refractivity contribution in [3.05, 3.63) is 64.7 Å². The minimum absolute atomic E-state index is 0.233. The van der Waals surface area contributed by atoms with Crippen LogP contribution in [0, 0.1) is 20.8 Å². The first kappa shape index (κ1) is 32.3. The molecule has 0 aliphatic rings. The molecule has 0 saturated heterocycles. The maximum atomic E-state index is 14.1. The average molecular weight is 553 g/mol. The van der Waals surface area contributed by atoms with E-state index in [9.17, 15) is 19.2 Å². The van der Waals surface area contributed by atoms with Crippen molar-refractivity contribution in [1.29, 1.82) is 0 Å². The summed E-state index contributed by atoms with van der Waals surface area (Å²) in [4.78, 5) is 54.2. The van der Waals surface area contributed by atoms with E-state index < -0.39 is 47.9 Å². The number of alkyl carbamates (subject to hydrolysis) is 1. The molecule has 4 N–H and O–H groups in total. The molecule has 0 aromatic heterocycles. The summed E-state index contributed by atoms with van der Waals surface area (Å²) in [7, 11) is 0. The lowest BCUT2D eigenvalue weighted by Crippen LogP contribution is -2.53. The molecular weight excluding hydrogens is 508 g/mol. The summed E-state index contributed by atoms with van der Waals surface area (Å²) in [6, 6.07) is 10.8. The number of ether oxygens (including phenoxy) is 1. The molecule has 0 radical (unpaired) electrons. The Bertz CT molecular complexity index is 1180. The summed E-state index contributed by atoms with van der Waals surface area (Å²) < 4.78 is 5.34. The predicted molar refractivity (Wildman–Crippen MR) is 157 cm³/mol. The molecular formula is C31H44N4O5. The average Bonchev–Trinajstić information content (AvgIpc) is 2.83. The van der Waals surface area contributed by atoms with Crippen LogP contribution in [0.3, 0.4) is 0 Å². The second-order valence-electron chi connectivity index (χ2n) is 11.2. The molecule has 2 rings (SSSR count). The number of primary amides is 1. The number of benzene rings is 2. The molecule has 0 bridgehead atoms. The molecule has 218 valence electrons. The summed E-state index contributed by atoms with van der Waals surface area (Å²) in [6.07, 6.45) is 1.04. The lowest BCUT2D eigenvalue weighted by atomic mass is 9.99. The number of unbranched alkanes of at least 4 members (excludes halogenated alkanes) is 2. The number of hydrogen-bond acceptors (Lipinski definition) is 5. The van der Waals surface area contributed by atoms with Gasteiger partial charge in [0.25, 0.3) is 5.91 Å². The number of hydrogen-bond donors (Lipinski definition) is 3. The van der Waals surface area contributed by atoms with E-state index in [2.05, 4.69) is 10.6 Å². The van der Waals surface area contributed by atoms with E-state index in [1.807, 2.05) is 64.1 Å². The van der Waals surface area contributed by atoms with Crippen LogP contribution in [0.4, 0.5) is 10.5 Å². The third-order valence-corrected chi connectivity index (χ3v) is 6.33. The van der Waals surface area contributed by atoms with Crippen LogP contribution in [0.15, 0.2) is 42.5 Å². The van der Waals surface area contributed by atoms with Crippen molar-refractivity contribution in [1.82, 2.24) is 10.2 Å². The van der Waals surface area contributed by atoms with Gasteiger partial charge in [0.1, 0.15) is 17.7 Å². The van der Waals surface area contributed by atoms with Gasteiger partial charge in [0, 0.05) is 12.2 Å². The molecule has 9 nitrogen and oxygen atoms in total. The van der Waals surface area contributed by atoms with Crippen molar-refractivity contribution in [3.8, 4) is 0 Å². The number of anilines is 1. The highest BCUT2D eigenvalue weighted by molar-refractivity contribution is 6.00. The second-order valence-corrected chi connectivity index (χ2v) is 11.2. The van der Waals surface area contributed by atoms with E-state index in [1.54, 1.807) is 26.8 Å². The summed E-state index contributed by atoms with van der Waals surface area (Å²) >= 11 is 0. The lowest BCUT2D eigenvalue weighted by molar-refractivity contribution is -0.142. The van der Waals surface area contributed by atoms with Gasteiger partial charge in [0.2, 0.25) is 11.8 Å². The van der Waals surface area contributed by atoms with Gasteiger partial charge in [0.05, 0.1) is 6.42 Å². The topological polar surface area (TPSA) is 131 Å². The molecule has 0 spiro atoms. The van der Waals surface area contributed by atoms with Gasteiger partial charge >= 0.3 is 6.09 Å². The van der Waals surface area contributed by atoms with Crippen molar-refractivity contribution < 1.29 is 23.9 Å².